The number of Topliss-reactive ketones (excluding diaryl/α,β-unsaturated/α-hetero) is 1. The van der Waals surface area contributed by atoms with Gasteiger partial charge in [0.2, 0.25) is 5.78 Å². The molecular formula is C10H7F3O2S. The van der Waals surface area contributed by atoms with Crippen molar-refractivity contribution in [1.82, 2.24) is 0 Å². The lowest BCUT2D eigenvalue weighted by Gasteiger charge is -2.04. The van der Waals surface area contributed by atoms with Gasteiger partial charge in [-0.1, -0.05) is 12.1 Å². The summed E-state index contributed by atoms with van der Waals surface area (Å²) in [5, 5.41) is 0. The molecule has 0 bridgehead atoms. The third-order valence-corrected chi connectivity index (χ3v) is 2.71. The Labute approximate surface area is 93.8 Å². The first-order chi connectivity index (χ1) is 7.43. The minimum absolute atomic E-state index is 0.437. The number of alkyl halides is 3. The Morgan fingerprint density at radius 3 is 2.25 bits per heavy atom. The van der Waals surface area contributed by atoms with Crippen molar-refractivity contribution < 1.29 is 22.8 Å². The number of carbonyl (C=O) groups is 2. The Morgan fingerprint density at radius 2 is 1.81 bits per heavy atom. The number of ketones is 1. The summed E-state index contributed by atoms with van der Waals surface area (Å²) >= 11 is 0.789. The van der Waals surface area contributed by atoms with E-state index in [-0.39, 0.29) is 0 Å². The molecule has 1 aromatic carbocycles. The van der Waals surface area contributed by atoms with Gasteiger partial charge in [0.15, 0.2) is 0 Å². The highest BCUT2D eigenvalue weighted by atomic mass is 32.2. The lowest BCUT2D eigenvalue weighted by Crippen LogP contribution is -2.24. The molecule has 0 fully saturated rings. The minimum atomic E-state index is -4.78. The Kier molecular flexibility index (Phi) is 4.12. The van der Waals surface area contributed by atoms with Crippen molar-refractivity contribution >= 4 is 23.8 Å². The molecule has 0 radical (unpaired) electrons. The largest absolute Gasteiger partial charge is 0.450 e. The van der Waals surface area contributed by atoms with E-state index in [4.69, 9.17) is 0 Å². The lowest BCUT2D eigenvalue weighted by atomic mass is 10.2. The molecule has 0 saturated carbocycles. The van der Waals surface area contributed by atoms with Crippen LogP contribution in [0.25, 0.3) is 0 Å². The molecule has 1 aromatic rings. The molecule has 0 aliphatic heterocycles. The van der Waals surface area contributed by atoms with Crippen LogP contribution in [0.15, 0.2) is 29.2 Å². The molecule has 1 rings (SSSR count). The van der Waals surface area contributed by atoms with E-state index in [2.05, 4.69) is 0 Å². The number of hydrogen-bond acceptors (Lipinski definition) is 3. The number of hydrogen-bond donors (Lipinski definition) is 0. The van der Waals surface area contributed by atoms with Crippen LogP contribution in [0.2, 0.25) is 0 Å². The lowest BCUT2D eigenvalue weighted by molar-refractivity contribution is -0.167. The molecule has 0 heterocycles. The predicted molar refractivity (Wildman–Crippen MR) is 53.6 cm³/mol. The van der Waals surface area contributed by atoms with E-state index in [9.17, 15) is 22.8 Å². The summed E-state index contributed by atoms with van der Waals surface area (Å²) in [6.07, 6.45) is -4.15. The van der Waals surface area contributed by atoms with E-state index in [0.29, 0.717) is 16.7 Å². The minimum Gasteiger partial charge on any atom is -0.298 e. The van der Waals surface area contributed by atoms with Gasteiger partial charge in [0.05, 0.1) is 5.75 Å². The van der Waals surface area contributed by atoms with Crippen LogP contribution in [0, 0.1) is 0 Å². The highest BCUT2D eigenvalue weighted by Gasteiger charge is 2.37. The van der Waals surface area contributed by atoms with Crippen molar-refractivity contribution in [3.05, 3.63) is 29.8 Å². The van der Waals surface area contributed by atoms with Crippen molar-refractivity contribution in [1.29, 1.82) is 0 Å². The second-order valence-electron chi connectivity index (χ2n) is 2.90. The maximum absolute atomic E-state index is 11.9. The molecule has 86 valence electrons. The van der Waals surface area contributed by atoms with Crippen LogP contribution in [0.5, 0.6) is 0 Å². The van der Waals surface area contributed by atoms with Gasteiger partial charge in [-0.05, 0) is 12.1 Å². The number of carbonyl (C=O) groups excluding carboxylic acids is 2. The fraction of sp³-hybridized carbons (Fsp3) is 0.200. The highest BCUT2D eigenvalue weighted by molar-refractivity contribution is 8.00. The van der Waals surface area contributed by atoms with Gasteiger partial charge < -0.3 is 0 Å². The van der Waals surface area contributed by atoms with E-state index < -0.39 is 17.7 Å². The first kappa shape index (κ1) is 12.8. The Bertz CT molecular complexity index is 384. The normalized spacial score (nSPS) is 11.2. The number of thioether (sulfide) groups is 1. The van der Waals surface area contributed by atoms with Crippen molar-refractivity contribution in [2.75, 3.05) is 5.75 Å². The number of aldehydes is 1. The number of rotatable bonds is 4. The fourth-order valence-electron chi connectivity index (χ4n) is 0.873. The zero-order chi connectivity index (χ0) is 12.2. The van der Waals surface area contributed by atoms with Gasteiger partial charge in [-0.3, -0.25) is 9.59 Å². The standard InChI is InChI=1S/C10H7F3O2S/c11-10(12,13)9(15)6-16-8-3-1-7(5-14)2-4-8/h1-5H,6H2. The van der Waals surface area contributed by atoms with Gasteiger partial charge in [0.25, 0.3) is 0 Å². The second-order valence-corrected chi connectivity index (χ2v) is 3.95. The predicted octanol–water partition coefficient (Wildman–Crippen LogP) is 2.72. The van der Waals surface area contributed by atoms with Crippen LogP contribution in [-0.4, -0.2) is 24.0 Å². The molecule has 0 spiro atoms. The smallest absolute Gasteiger partial charge is 0.298 e. The van der Waals surface area contributed by atoms with E-state index in [1.54, 1.807) is 0 Å². The first-order valence-electron chi connectivity index (χ1n) is 4.21. The Morgan fingerprint density at radius 1 is 1.25 bits per heavy atom. The van der Waals surface area contributed by atoms with Gasteiger partial charge in [0, 0.05) is 10.5 Å². The van der Waals surface area contributed by atoms with E-state index in [1.807, 2.05) is 0 Å². The summed E-state index contributed by atoms with van der Waals surface area (Å²) in [5.41, 5.74) is 0.437. The Hall–Kier alpha value is -1.30. The molecule has 0 atom stereocenters. The van der Waals surface area contributed by atoms with Gasteiger partial charge in [-0.15, -0.1) is 11.8 Å². The summed E-state index contributed by atoms with van der Waals surface area (Å²) in [6.45, 7) is 0. The van der Waals surface area contributed by atoms with Crippen molar-refractivity contribution in [3.63, 3.8) is 0 Å². The van der Waals surface area contributed by atoms with Crippen LogP contribution in [0.1, 0.15) is 10.4 Å². The molecule has 2 nitrogen and oxygen atoms in total. The van der Waals surface area contributed by atoms with Crippen LogP contribution >= 0.6 is 11.8 Å². The van der Waals surface area contributed by atoms with Crippen LogP contribution in [-0.2, 0) is 4.79 Å². The summed E-state index contributed by atoms with van der Waals surface area (Å²) in [7, 11) is 0. The van der Waals surface area contributed by atoms with Crippen molar-refractivity contribution in [2.24, 2.45) is 0 Å². The van der Waals surface area contributed by atoms with Crippen LogP contribution < -0.4 is 0 Å². The maximum atomic E-state index is 11.9. The third-order valence-electron chi connectivity index (χ3n) is 1.70. The zero-order valence-electron chi connectivity index (χ0n) is 7.95. The number of benzene rings is 1. The monoisotopic (exact) mass is 248 g/mol. The summed E-state index contributed by atoms with van der Waals surface area (Å²) in [5.74, 6) is -2.42. The quantitative estimate of drug-likeness (QED) is 0.607. The number of halogens is 3. The molecule has 6 heteroatoms. The average molecular weight is 248 g/mol. The maximum Gasteiger partial charge on any atom is 0.450 e. The molecular weight excluding hydrogens is 241 g/mol. The molecule has 0 aromatic heterocycles. The molecule has 0 aliphatic rings. The van der Waals surface area contributed by atoms with Crippen LogP contribution in [0.3, 0.4) is 0 Å². The molecule has 0 unspecified atom stereocenters. The summed E-state index contributed by atoms with van der Waals surface area (Å²) < 4.78 is 35.6. The topological polar surface area (TPSA) is 34.1 Å². The van der Waals surface area contributed by atoms with E-state index in [1.165, 1.54) is 24.3 Å². The SMILES string of the molecule is O=Cc1ccc(SCC(=O)C(F)(F)F)cc1. The van der Waals surface area contributed by atoms with Gasteiger partial charge in [-0.2, -0.15) is 13.2 Å². The van der Waals surface area contributed by atoms with Crippen molar-refractivity contribution in [3.8, 4) is 0 Å². The second kappa shape index (κ2) is 5.16. The molecule has 0 amide bonds. The van der Waals surface area contributed by atoms with Gasteiger partial charge in [-0.25, -0.2) is 0 Å². The van der Waals surface area contributed by atoms with Crippen LogP contribution in [0.4, 0.5) is 13.2 Å². The summed E-state index contributed by atoms with van der Waals surface area (Å²) in [6, 6.07) is 5.96. The average Bonchev–Trinajstić information content (AvgIpc) is 2.25. The van der Waals surface area contributed by atoms with E-state index >= 15 is 0 Å². The third kappa shape index (κ3) is 3.69. The Balaban J connectivity index is 2.55. The highest BCUT2D eigenvalue weighted by Crippen LogP contribution is 2.23. The van der Waals surface area contributed by atoms with Gasteiger partial charge >= 0.3 is 6.18 Å². The molecule has 0 saturated heterocycles. The van der Waals surface area contributed by atoms with Crippen molar-refractivity contribution in [2.45, 2.75) is 11.1 Å². The van der Waals surface area contributed by atoms with E-state index in [0.717, 1.165) is 11.8 Å². The molecule has 16 heavy (non-hydrogen) atoms. The fourth-order valence-corrected chi connectivity index (χ4v) is 1.66. The molecule has 0 N–H and O–H groups in total. The van der Waals surface area contributed by atoms with Gasteiger partial charge in [0.1, 0.15) is 6.29 Å². The molecule has 0 aliphatic carbocycles. The first-order valence-corrected chi connectivity index (χ1v) is 5.20. The summed E-state index contributed by atoms with van der Waals surface area (Å²) in [4.78, 5) is 21.4. The zero-order valence-corrected chi connectivity index (χ0v) is 8.77.